The summed E-state index contributed by atoms with van der Waals surface area (Å²) in [4.78, 5) is 15.1. The van der Waals surface area contributed by atoms with Crippen molar-refractivity contribution < 1.29 is 13.7 Å². The number of carbonyl (C=O) groups excluding carboxylic acids is 1. The van der Waals surface area contributed by atoms with Gasteiger partial charge in [0.1, 0.15) is 5.82 Å². The average molecular weight is 301 g/mol. The molecule has 0 radical (unpaired) electrons. The van der Waals surface area contributed by atoms with E-state index in [1.165, 1.54) is 0 Å². The van der Waals surface area contributed by atoms with E-state index in [4.69, 9.17) is 4.52 Å². The standard InChI is InChI=1S/C16H16FN3O2/c1-8-6-13(22-20-8)16(21)19-10(3)12-7-11-4-5-18-15(11)9(2)14(12)17/h4-7,10,18H,1-3H3,(H,19,21). The smallest absolute Gasteiger partial charge is 0.290 e. The lowest BCUT2D eigenvalue weighted by atomic mass is 10.0. The molecule has 1 amide bonds. The SMILES string of the molecule is Cc1cc(C(=O)NC(C)c2cc3cc[nH]c3c(C)c2F)on1. The molecule has 0 aliphatic rings. The van der Waals surface area contributed by atoms with Gasteiger partial charge in [-0.05, 0) is 32.9 Å². The van der Waals surface area contributed by atoms with Crippen LogP contribution in [0.5, 0.6) is 0 Å². The summed E-state index contributed by atoms with van der Waals surface area (Å²) in [7, 11) is 0. The first-order valence-corrected chi connectivity index (χ1v) is 6.97. The van der Waals surface area contributed by atoms with Crippen molar-refractivity contribution in [3.8, 4) is 0 Å². The van der Waals surface area contributed by atoms with Crippen LogP contribution in [0.2, 0.25) is 0 Å². The van der Waals surface area contributed by atoms with E-state index in [1.807, 2.05) is 6.07 Å². The van der Waals surface area contributed by atoms with Crippen molar-refractivity contribution in [3.05, 3.63) is 52.8 Å². The first kappa shape index (κ1) is 14.3. The number of H-pyrrole nitrogens is 1. The number of hydrogen-bond donors (Lipinski definition) is 2. The topological polar surface area (TPSA) is 70.9 Å². The number of fused-ring (bicyclic) bond motifs is 1. The van der Waals surface area contributed by atoms with Crippen molar-refractivity contribution in [1.82, 2.24) is 15.5 Å². The van der Waals surface area contributed by atoms with Gasteiger partial charge in [0.25, 0.3) is 5.91 Å². The summed E-state index contributed by atoms with van der Waals surface area (Å²) in [5, 5.41) is 7.31. The Balaban J connectivity index is 1.90. The van der Waals surface area contributed by atoms with Crippen LogP contribution in [0.1, 0.15) is 40.3 Å². The van der Waals surface area contributed by atoms with Gasteiger partial charge in [-0.25, -0.2) is 4.39 Å². The van der Waals surface area contributed by atoms with Crippen molar-refractivity contribution in [2.24, 2.45) is 0 Å². The first-order valence-electron chi connectivity index (χ1n) is 6.97. The van der Waals surface area contributed by atoms with Gasteiger partial charge in [-0.15, -0.1) is 0 Å². The molecule has 1 atom stereocenters. The summed E-state index contributed by atoms with van der Waals surface area (Å²) in [6.07, 6.45) is 1.77. The second-order valence-corrected chi connectivity index (χ2v) is 5.37. The van der Waals surface area contributed by atoms with Gasteiger partial charge in [0.15, 0.2) is 0 Å². The minimum absolute atomic E-state index is 0.115. The first-order chi connectivity index (χ1) is 10.5. The van der Waals surface area contributed by atoms with E-state index < -0.39 is 11.9 Å². The summed E-state index contributed by atoms with van der Waals surface area (Å²) in [6, 6.07) is 4.67. The van der Waals surface area contributed by atoms with E-state index >= 15 is 0 Å². The molecule has 0 saturated carbocycles. The fourth-order valence-electron chi connectivity index (χ4n) is 2.51. The van der Waals surface area contributed by atoms with Crippen LogP contribution in [-0.4, -0.2) is 16.0 Å². The molecule has 2 N–H and O–H groups in total. The van der Waals surface area contributed by atoms with Crippen LogP contribution in [0.3, 0.4) is 0 Å². The van der Waals surface area contributed by atoms with Gasteiger partial charge in [-0.2, -0.15) is 0 Å². The molecule has 0 spiro atoms. The molecule has 6 heteroatoms. The number of rotatable bonds is 3. The number of aromatic nitrogens is 2. The number of benzene rings is 1. The molecular weight excluding hydrogens is 285 g/mol. The van der Waals surface area contributed by atoms with E-state index in [0.29, 0.717) is 16.8 Å². The highest BCUT2D eigenvalue weighted by Gasteiger charge is 2.20. The van der Waals surface area contributed by atoms with Crippen molar-refractivity contribution in [2.75, 3.05) is 0 Å². The maximum absolute atomic E-state index is 14.5. The number of halogens is 1. The Morgan fingerprint density at radius 3 is 2.86 bits per heavy atom. The molecule has 2 heterocycles. The zero-order valence-corrected chi connectivity index (χ0v) is 12.5. The van der Waals surface area contributed by atoms with Gasteiger partial charge in [-0.1, -0.05) is 5.16 Å². The van der Waals surface area contributed by atoms with E-state index in [1.54, 1.807) is 39.1 Å². The highest BCUT2D eigenvalue weighted by atomic mass is 19.1. The number of aryl methyl sites for hydroxylation is 2. The van der Waals surface area contributed by atoms with Gasteiger partial charge in [0.05, 0.1) is 17.3 Å². The van der Waals surface area contributed by atoms with Crippen LogP contribution < -0.4 is 5.32 Å². The highest BCUT2D eigenvalue weighted by molar-refractivity contribution is 5.92. The predicted molar refractivity (Wildman–Crippen MR) is 80.1 cm³/mol. The molecule has 3 aromatic rings. The van der Waals surface area contributed by atoms with Crippen molar-refractivity contribution >= 4 is 16.8 Å². The Morgan fingerprint density at radius 1 is 1.41 bits per heavy atom. The number of carbonyl (C=O) groups is 1. The van der Waals surface area contributed by atoms with Gasteiger partial charge >= 0.3 is 0 Å². The molecule has 0 fully saturated rings. The lowest BCUT2D eigenvalue weighted by Crippen LogP contribution is -2.27. The van der Waals surface area contributed by atoms with E-state index in [-0.39, 0.29) is 11.6 Å². The van der Waals surface area contributed by atoms with Crippen LogP contribution in [0.15, 0.2) is 28.9 Å². The lowest BCUT2D eigenvalue weighted by molar-refractivity contribution is 0.0902. The second kappa shape index (κ2) is 5.29. The van der Waals surface area contributed by atoms with Gasteiger partial charge in [0, 0.05) is 28.8 Å². The fraction of sp³-hybridized carbons (Fsp3) is 0.250. The Labute approximate surface area is 126 Å². The summed E-state index contributed by atoms with van der Waals surface area (Å²) in [5.41, 5.74) is 2.36. The maximum Gasteiger partial charge on any atom is 0.290 e. The minimum atomic E-state index is -0.490. The number of nitrogens with one attached hydrogen (secondary N) is 2. The number of amides is 1. The summed E-state index contributed by atoms with van der Waals surface area (Å²) in [5.74, 6) is -0.625. The molecule has 0 saturated heterocycles. The number of nitrogens with zero attached hydrogens (tertiary/aromatic N) is 1. The Hall–Kier alpha value is -2.63. The number of aromatic amines is 1. The van der Waals surface area contributed by atoms with Gasteiger partial charge in [0.2, 0.25) is 5.76 Å². The third-order valence-electron chi connectivity index (χ3n) is 3.71. The van der Waals surface area contributed by atoms with Crippen LogP contribution in [0.25, 0.3) is 10.9 Å². The molecule has 0 aliphatic heterocycles. The zero-order chi connectivity index (χ0) is 15.9. The second-order valence-electron chi connectivity index (χ2n) is 5.37. The van der Waals surface area contributed by atoms with Crippen molar-refractivity contribution in [3.63, 3.8) is 0 Å². The molecule has 3 rings (SSSR count). The van der Waals surface area contributed by atoms with Crippen LogP contribution in [0.4, 0.5) is 4.39 Å². The third kappa shape index (κ3) is 2.36. The molecule has 114 valence electrons. The minimum Gasteiger partial charge on any atom is -0.361 e. The normalized spacial score (nSPS) is 12.5. The van der Waals surface area contributed by atoms with Crippen LogP contribution in [-0.2, 0) is 0 Å². The summed E-state index contributed by atoms with van der Waals surface area (Å²) >= 11 is 0. The van der Waals surface area contributed by atoms with Gasteiger partial charge < -0.3 is 14.8 Å². The molecular formula is C16H16FN3O2. The molecule has 1 aromatic carbocycles. The van der Waals surface area contributed by atoms with Crippen LogP contribution in [0, 0.1) is 19.7 Å². The molecule has 0 bridgehead atoms. The van der Waals surface area contributed by atoms with Gasteiger partial charge in [-0.3, -0.25) is 4.79 Å². The molecule has 1 unspecified atom stereocenters. The third-order valence-corrected chi connectivity index (χ3v) is 3.71. The predicted octanol–water partition coefficient (Wildman–Crippen LogP) is 3.40. The van der Waals surface area contributed by atoms with E-state index in [2.05, 4.69) is 15.5 Å². The number of hydrogen-bond acceptors (Lipinski definition) is 3. The molecule has 2 aromatic heterocycles. The molecule has 22 heavy (non-hydrogen) atoms. The quantitative estimate of drug-likeness (QED) is 0.779. The largest absolute Gasteiger partial charge is 0.361 e. The van der Waals surface area contributed by atoms with Crippen molar-refractivity contribution in [2.45, 2.75) is 26.8 Å². The van der Waals surface area contributed by atoms with Crippen molar-refractivity contribution in [1.29, 1.82) is 0 Å². The summed E-state index contributed by atoms with van der Waals surface area (Å²) in [6.45, 7) is 5.18. The molecule has 5 nitrogen and oxygen atoms in total. The summed E-state index contributed by atoms with van der Waals surface area (Å²) < 4.78 is 19.4. The highest BCUT2D eigenvalue weighted by Crippen LogP contribution is 2.27. The Bertz CT molecular complexity index is 850. The monoisotopic (exact) mass is 301 g/mol. The Morgan fingerprint density at radius 2 is 2.18 bits per heavy atom. The fourth-order valence-corrected chi connectivity index (χ4v) is 2.51. The Kier molecular flexibility index (Phi) is 3.44. The van der Waals surface area contributed by atoms with Crippen LogP contribution >= 0.6 is 0 Å². The average Bonchev–Trinajstić information content (AvgIpc) is 3.11. The maximum atomic E-state index is 14.5. The van der Waals surface area contributed by atoms with E-state index in [9.17, 15) is 9.18 Å². The van der Waals surface area contributed by atoms with E-state index in [0.717, 1.165) is 10.9 Å². The lowest BCUT2D eigenvalue weighted by Gasteiger charge is -2.16. The zero-order valence-electron chi connectivity index (χ0n) is 12.5. The molecule has 0 aliphatic carbocycles.